The van der Waals surface area contributed by atoms with Crippen molar-refractivity contribution >= 4 is 44.7 Å². The highest BCUT2D eigenvalue weighted by Crippen LogP contribution is 2.34. The van der Waals surface area contributed by atoms with Crippen LogP contribution < -0.4 is 0 Å². The van der Waals surface area contributed by atoms with Gasteiger partial charge in [0.1, 0.15) is 5.51 Å². The third kappa shape index (κ3) is 1.88. The van der Waals surface area contributed by atoms with Crippen LogP contribution in [0.1, 0.15) is 0 Å². The fourth-order valence-electron chi connectivity index (χ4n) is 1.18. The number of fused-ring (bicyclic) bond motifs is 1. The molecule has 0 N–H and O–H groups in total. The third-order valence-electron chi connectivity index (χ3n) is 1.79. The van der Waals surface area contributed by atoms with E-state index < -0.39 is 0 Å². The van der Waals surface area contributed by atoms with Gasteiger partial charge < -0.3 is 0 Å². The average Bonchev–Trinajstić information content (AvgIpc) is 2.86. The molecule has 15 heavy (non-hydrogen) atoms. The fourth-order valence-corrected chi connectivity index (χ4v) is 3.92. The summed E-state index contributed by atoms with van der Waals surface area (Å²) < 4.78 is 3.17. The van der Waals surface area contributed by atoms with E-state index in [2.05, 4.69) is 21.2 Å². The molecule has 0 saturated carbocycles. The standard InChI is InChI=1S/C9H5N3S3/c1-2-4-7-6(3-1)11-8(14-7)15-9-12-10-5-13-9/h1-5H. The second-order valence-corrected chi connectivity index (χ2v) is 6.11. The van der Waals surface area contributed by atoms with E-state index >= 15 is 0 Å². The number of para-hydroxylation sites is 1. The van der Waals surface area contributed by atoms with Crippen molar-refractivity contribution in [2.75, 3.05) is 0 Å². The monoisotopic (exact) mass is 251 g/mol. The number of rotatable bonds is 2. The Balaban J connectivity index is 1.98. The first kappa shape index (κ1) is 9.26. The highest BCUT2D eigenvalue weighted by molar-refractivity contribution is 8.02. The predicted molar refractivity (Wildman–Crippen MR) is 63.7 cm³/mol. The van der Waals surface area contributed by atoms with E-state index in [1.807, 2.05) is 18.2 Å². The Morgan fingerprint density at radius 3 is 2.87 bits per heavy atom. The molecule has 2 heterocycles. The second-order valence-electron chi connectivity index (χ2n) is 2.75. The van der Waals surface area contributed by atoms with E-state index in [-0.39, 0.29) is 0 Å². The molecular weight excluding hydrogens is 246 g/mol. The zero-order valence-corrected chi connectivity index (χ0v) is 9.90. The summed E-state index contributed by atoms with van der Waals surface area (Å²) in [4.78, 5) is 4.51. The first-order chi connectivity index (χ1) is 7.42. The molecule has 0 fully saturated rings. The largest absolute Gasteiger partial charge is 0.229 e. The lowest BCUT2D eigenvalue weighted by molar-refractivity contribution is 1.01. The van der Waals surface area contributed by atoms with Crippen molar-refractivity contribution < 1.29 is 0 Å². The van der Waals surface area contributed by atoms with E-state index in [9.17, 15) is 0 Å². The van der Waals surface area contributed by atoms with Gasteiger partial charge in [0.15, 0.2) is 8.68 Å². The summed E-state index contributed by atoms with van der Waals surface area (Å²) in [5, 5.41) is 7.78. The van der Waals surface area contributed by atoms with Crippen LogP contribution in [0.3, 0.4) is 0 Å². The smallest absolute Gasteiger partial charge is 0.181 e. The topological polar surface area (TPSA) is 38.7 Å². The van der Waals surface area contributed by atoms with Gasteiger partial charge in [0.05, 0.1) is 10.2 Å². The number of hydrogen-bond acceptors (Lipinski definition) is 6. The zero-order chi connectivity index (χ0) is 10.1. The normalized spacial score (nSPS) is 10.9. The van der Waals surface area contributed by atoms with Gasteiger partial charge in [0, 0.05) is 0 Å². The molecule has 74 valence electrons. The minimum Gasteiger partial charge on any atom is -0.229 e. The Morgan fingerprint density at radius 1 is 1.13 bits per heavy atom. The molecule has 0 unspecified atom stereocenters. The summed E-state index contributed by atoms with van der Waals surface area (Å²) in [6, 6.07) is 8.13. The molecular formula is C9H5N3S3. The lowest BCUT2D eigenvalue weighted by atomic mass is 10.3. The Bertz CT molecular complexity index is 540. The van der Waals surface area contributed by atoms with Gasteiger partial charge in [-0.25, -0.2) is 4.98 Å². The number of aromatic nitrogens is 3. The number of nitrogens with zero attached hydrogens (tertiary/aromatic N) is 3. The molecule has 0 amide bonds. The van der Waals surface area contributed by atoms with Crippen LogP contribution in [0.4, 0.5) is 0 Å². The van der Waals surface area contributed by atoms with Crippen molar-refractivity contribution in [3.05, 3.63) is 29.8 Å². The number of benzene rings is 1. The van der Waals surface area contributed by atoms with Crippen molar-refractivity contribution in [3.8, 4) is 0 Å². The van der Waals surface area contributed by atoms with Crippen molar-refractivity contribution in [2.45, 2.75) is 8.68 Å². The molecule has 0 spiro atoms. The van der Waals surface area contributed by atoms with Crippen LogP contribution in [0.25, 0.3) is 10.2 Å². The van der Waals surface area contributed by atoms with Crippen LogP contribution in [0.2, 0.25) is 0 Å². The molecule has 0 saturated heterocycles. The molecule has 6 heteroatoms. The molecule has 0 aliphatic rings. The SMILES string of the molecule is c1ccc2sc(Sc3nncs3)nc2c1. The number of thiazole rings is 1. The van der Waals surface area contributed by atoms with Crippen LogP contribution in [-0.2, 0) is 0 Å². The van der Waals surface area contributed by atoms with Crippen LogP contribution >= 0.6 is 34.4 Å². The minimum atomic E-state index is 0.939. The van der Waals surface area contributed by atoms with Gasteiger partial charge in [-0.3, -0.25) is 0 Å². The first-order valence-corrected chi connectivity index (χ1v) is 6.73. The van der Waals surface area contributed by atoms with Crippen molar-refractivity contribution in [1.82, 2.24) is 15.2 Å². The molecule has 0 bridgehead atoms. The van der Waals surface area contributed by atoms with Crippen LogP contribution in [0.5, 0.6) is 0 Å². The maximum absolute atomic E-state index is 4.51. The van der Waals surface area contributed by atoms with E-state index in [1.165, 1.54) is 16.0 Å². The molecule has 2 aromatic heterocycles. The Hall–Kier alpha value is -0.980. The van der Waals surface area contributed by atoms with Crippen LogP contribution in [-0.4, -0.2) is 15.2 Å². The maximum atomic E-state index is 4.51. The van der Waals surface area contributed by atoms with E-state index in [1.54, 1.807) is 28.6 Å². The third-order valence-corrected chi connectivity index (χ3v) is 4.66. The first-order valence-electron chi connectivity index (χ1n) is 4.21. The van der Waals surface area contributed by atoms with Crippen LogP contribution in [0.15, 0.2) is 38.5 Å². The summed E-state index contributed by atoms with van der Waals surface area (Å²) in [6.07, 6.45) is 0. The number of hydrogen-bond donors (Lipinski definition) is 0. The lowest BCUT2D eigenvalue weighted by Gasteiger charge is -1.85. The van der Waals surface area contributed by atoms with Gasteiger partial charge in [0.25, 0.3) is 0 Å². The minimum absolute atomic E-state index is 0.939. The summed E-state index contributed by atoms with van der Waals surface area (Å²) in [7, 11) is 0. The predicted octanol–water partition coefficient (Wildman–Crippen LogP) is 3.30. The molecule has 0 atom stereocenters. The molecule has 0 aliphatic carbocycles. The van der Waals surface area contributed by atoms with Crippen LogP contribution in [0, 0.1) is 0 Å². The van der Waals surface area contributed by atoms with E-state index in [0.29, 0.717) is 0 Å². The van der Waals surface area contributed by atoms with Gasteiger partial charge >= 0.3 is 0 Å². The highest BCUT2D eigenvalue weighted by Gasteiger charge is 2.06. The molecule has 1 aromatic carbocycles. The maximum Gasteiger partial charge on any atom is 0.181 e. The van der Waals surface area contributed by atoms with Crippen molar-refractivity contribution in [1.29, 1.82) is 0 Å². The van der Waals surface area contributed by atoms with Gasteiger partial charge in [-0.15, -0.1) is 21.5 Å². The highest BCUT2D eigenvalue weighted by atomic mass is 32.2. The molecule has 0 radical (unpaired) electrons. The quantitative estimate of drug-likeness (QED) is 0.700. The fraction of sp³-hybridized carbons (Fsp3) is 0. The second kappa shape index (κ2) is 3.88. The Labute approximate surface area is 98.2 Å². The molecule has 3 rings (SSSR count). The van der Waals surface area contributed by atoms with Crippen molar-refractivity contribution in [3.63, 3.8) is 0 Å². The lowest BCUT2D eigenvalue weighted by Crippen LogP contribution is -1.70. The zero-order valence-electron chi connectivity index (χ0n) is 7.45. The summed E-state index contributed by atoms with van der Waals surface area (Å²) in [6.45, 7) is 0. The van der Waals surface area contributed by atoms with Crippen molar-refractivity contribution in [2.24, 2.45) is 0 Å². The van der Waals surface area contributed by atoms with Gasteiger partial charge in [-0.1, -0.05) is 23.5 Å². The average molecular weight is 251 g/mol. The molecule has 3 nitrogen and oxygen atoms in total. The molecule has 0 aliphatic heterocycles. The van der Waals surface area contributed by atoms with E-state index in [0.717, 1.165) is 14.2 Å². The summed E-state index contributed by atoms with van der Waals surface area (Å²) in [5.74, 6) is 0. The van der Waals surface area contributed by atoms with Gasteiger partial charge in [-0.05, 0) is 23.9 Å². The van der Waals surface area contributed by atoms with Gasteiger partial charge in [-0.2, -0.15) is 0 Å². The van der Waals surface area contributed by atoms with Gasteiger partial charge in [0.2, 0.25) is 0 Å². The van der Waals surface area contributed by atoms with E-state index in [4.69, 9.17) is 0 Å². The summed E-state index contributed by atoms with van der Waals surface area (Å²) >= 11 is 4.79. The molecule has 3 aromatic rings. The summed E-state index contributed by atoms with van der Waals surface area (Å²) in [5.41, 5.74) is 2.78. The Kier molecular flexibility index (Phi) is 2.40. The Morgan fingerprint density at radius 2 is 2.07 bits per heavy atom.